The minimum absolute atomic E-state index is 0.167. The van der Waals surface area contributed by atoms with Crippen LogP contribution in [0.3, 0.4) is 0 Å². The molecule has 1 heterocycles. The lowest BCUT2D eigenvalue weighted by Gasteiger charge is -2.29. The van der Waals surface area contributed by atoms with Crippen LogP contribution in [0, 0.1) is 0 Å². The van der Waals surface area contributed by atoms with E-state index in [2.05, 4.69) is 26.6 Å². The topological polar surface area (TPSA) is 85.6 Å². The summed E-state index contributed by atoms with van der Waals surface area (Å²) in [6.07, 6.45) is -0.448. The molecule has 1 atom stereocenters. The number of rotatable bonds is 3. The SMILES string of the molecule is COc1cc(N)c(C2NC(=O)c3cc(Br)ccc3N2)cc1OC. The first-order chi connectivity index (χ1) is 11.0. The van der Waals surface area contributed by atoms with Gasteiger partial charge in [0.05, 0.1) is 19.8 Å². The van der Waals surface area contributed by atoms with Crippen LogP contribution in [0.25, 0.3) is 0 Å². The molecular formula is C16H16BrN3O3. The lowest BCUT2D eigenvalue weighted by Crippen LogP contribution is -2.38. The molecular weight excluding hydrogens is 362 g/mol. The number of methoxy groups -OCH3 is 2. The Hall–Kier alpha value is -2.41. The zero-order valence-electron chi connectivity index (χ0n) is 12.6. The van der Waals surface area contributed by atoms with Gasteiger partial charge >= 0.3 is 0 Å². The van der Waals surface area contributed by atoms with Crippen molar-refractivity contribution in [1.29, 1.82) is 0 Å². The molecule has 1 aliphatic rings. The first-order valence-electron chi connectivity index (χ1n) is 6.92. The molecule has 2 aromatic rings. The van der Waals surface area contributed by atoms with Crippen LogP contribution >= 0.6 is 15.9 Å². The van der Waals surface area contributed by atoms with E-state index in [-0.39, 0.29) is 5.91 Å². The second-order valence-corrected chi connectivity index (χ2v) is 5.99. The third-order valence-corrected chi connectivity index (χ3v) is 4.19. The Morgan fingerprint density at radius 1 is 1.09 bits per heavy atom. The Morgan fingerprint density at radius 2 is 1.78 bits per heavy atom. The van der Waals surface area contributed by atoms with Crippen LogP contribution in [0.4, 0.5) is 11.4 Å². The summed E-state index contributed by atoms with van der Waals surface area (Å²) in [7, 11) is 3.10. The molecule has 7 heteroatoms. The maximum absolute atomic E-state index is 12.3. The summed E-state index contributed by atoms with van der Waals surface area (Å²) in [5, 5.41) is 6.17. The molecule has 1 aliphatic heterocycles. The van der Waals surface area contributed by atoms with Crippen molar-refractivity contribution in [3.05, 3.63) is 45.9 Å². The van der Waals surface area contributed by atoms with Crippen molar-refractivity contribution in [3.8, 4) is 11.5 Å². The predicted molar refractivity (Wildman–Crippen MR) is 91.9 cm³/mol. The zero-order valence-corrected chi connectivity index (χ0v) is 14.2. The van der Waals surface area contributed by atoms with Crippen molar-refractivity contribution in [3.63, 3.8) is 0 Å². The number of anilines is 2. The number of carbonyl (C=O) groups is 1. The second-order valence-electron chi connectivity index (χ2n) is 5.08. The van der Waals surface area contributed by atoms with E-state index in [1.165, 1.54) is 0 Å². The quantitative estimate of drug-likeness (QED) is 0.716. The standard InChI is InChI=1S/C16H16BrN3O3/c1-22-13-6-9(11(18)7-14(13)23-2)15-19-12-4-3-8(17)5-10(12)16(21)20-15/h3-7,15,19H,18H2,1-2H3,(H,20,21). The summed E-state index contributed by atoms with van der Waals surface area (Å²) < 4.78 is 11.4. The highest BCUT2D eigenvalue weighted by molar-refractivity contribution is 9.10. The normalized spacial score (nSPS) is 16.1. The molecule has 0 radical (unpaired) electrons. The fraction of sp³-hybridized carbons (Fsp3) is 0.188. The first kappa shape index (κ1) is 15.5. The Labute approximate surface area is 142 Å². The fourth-order valence-electron chi connectivity index (χ4n) is 2.55. The number of amides is 1. The predicted octanol–water partition coefficient (Wildman–Crippen LogP) is 2.90. The molecule has 120 valence electrons. The Bertz CT molecular complexity index is 779. The summed E-state index contributed by atoms with van der Waals surface area (Å²) in [6.45, 7) is 0. The van der Waals surface area contributed by atoms with Crippen LogP contribution in [0.5, 0.6) is 11.5 Å². The highest BCUT2D eigenvalue weighted by Gasteiger charge is 2.27. The Balaban J connectivity index is 2.01. The number of halogens is 1. The van der Waals surface area contributed by atoms with E-state index in [0.717, 1.165) is 10.2 Å². The summed E-state index contributed by atoms with van der Waals surface area (Å²) in [6, 6.07) is 8.93. The van der Waals surface area contributed by atoms with Crippen LogP contribution in [-0.2, 0) is 0 Å². The minimum Gasteiger partial charge on any atom is -0.493 e. The van der Waals surface area contributed by atoms with E-state index in [0.29, 0.717) is 28.3 Å². The fourth-order valence-corrected chi connectivity index (χ4v) is 2.91. The molecule has 0 spiro atoms. The van der Waals surface area contributed by atoms with Gasteiger partial charge in [-0.15, -0.1) is 0 Å². The second kappa shape index (κ2) is 6.00. The number of ether oxygens (including phenoxy) is 2. The number of hydrogen-bond donors (Lipinski definition) is 3. The van der Waals surface area contributed by atoms with E-state index >= 15 is 0 Å². The van der Waals surface area contributed by atoms with Crippen LogP contribution in [-0.4, -0.2) is 20.1 Å². The third kappa shape index (κ3) is 2.79. The highest BCUT2D eigenvalue weighted by atomic mass is 79.9. The molecule has 0 saturated heterocycles. The molecule has 1 unspecified atom stereocenters. The lowest BCUT2D eigenvalue weighted by atomic mass is 10.0. The molecule has 4 N–H and O–H groups in total. The largest absolute Gasteiger partial charge is 0.493 e. The maximum Gasteiger partial charge on any atom is 0.255 e. The molecule has 6 nitrogen and oxygen atoms in total. The number of nitrogens with two attached hydrogens (primary N) is 1. The molecule has 0 fully saturated rings. The van der Waals surface area contributed by atoms with Gasteiger partial charge < -0.3 is 25.8 Å². The minimum atomic E-state index is -0.448. The van der Waals surface area contributed by atoms with Crippen molar-refractivity contribution >= 4 is 33.2 Å². The number of benzene rings is 2. The van der Waals surface area contributed by atoms with Gasteiger partial charge in [0.15, 0.2) is 11.5 Å². The van der Waals surface area contributed by atoms with Gasteiger partial charge in [-0.1, -0.05) is 15.9 Å². The number of hydrogen-bond acceptors (Lipinski definition) is 5. The van der Waals surface area contributed by atoms with Gasteiger partial charge in [-0.3, -0.25) is 4.79 Å². The zero-order chi connectivity index (χ0) is 16.6. The molecule has 0 aliphatic carbocycles. The summed E-state index contributed by atoms with van der Waals surface area (Å²) in [5.41, 5.74) is 8.64. The van der Waals surface area contributed by atoms with Crippen LogP contribution in [0.15, 0.2) is 34.8 Å². The first-order valence-corrected chi connectivity index (χ1v) is 7.71. The average molecular weight is 378 g/mol. The highest BCUT2D eigenvalue weighted by Crippen LogP contribution is 2.37. The van der Waals surface area contributed by atoms with Crippen molar-refractivity contribution < 1.29 is 14.3 Å². The maximum atomic E-state index is 12.3. The van der Waals surface area contributed by atoms with Gasteiger partial charge in [0.2, 0.25) is 0 Å². The number of nitrogens with one attached hydrogen (secondary N) is 2. The van der Waals surface area contributed by atoms with Crippen LogP contribution in [0.2, 0.25) is 0 Å². The van der Waals surface area contributed by atoms with Gasteiger partial charge in [-0.25, -0.2) is 0 Å². The average Bonchev–Trinajstić information content (AvgIpc) is 2.55. The van der Waals surface area contributed by atoms with E-state index in [1.54, 1.807) is 32.4 Å². The number of nitrogen functional groups attached to an aromatic ring is 1. The molecule has 2 aromatic carbocycles. The molecule has 3 rings (SSSR count). The summed E-state index contributed by atoms with van der Waals surface area (Å²) >= 11 is 3.37. The van der Waals surface area contributed by atoms with Gasteiger partial charge in [0.1, 0.15) is 6.17 Å². The van der Waals surface area contributed by atoms with Crippen molar-refractivity contribution in [1.82, 2.24) is 5.32 Å². The van der Waals surface area contributed by atoms with E-state index in [1.807, 2.05) is 12.1 Å². The van der Waals surface area contributed by atoms with Crippen molar-refractivity contribution in [2.24, 2.45) is 0 Å². The Morgan fingerprint density at radius 3 is 2.48 bits per heavy atom. The lowest BCUT2D eigenvalue weighted by molar-refractivity contribution is 0.0935. The van der Waals surface area contributed by atoms with Gasteiger partial charge in [0, 0.05) is 27.5 Å². The molecule has 0 bridgehead atoms. The molecule has 23 heavy (non-hydrogen) atoms. The van der Waals surface area contributed by atoms with E-state index < -0.39 is 6.17 Å². The third-order valence-electron chi connectivity index (χ3n) is 3.70. The number of carbonyl (C=O) groups excluding carboxylic acids is 1. The van der Waals surface area contributed by atoms with Gasteiger partial charge in [-0.2, -0.15) is 0 Å². The molecule has 0 aromatic heterocycles. The monoisotopic (exact) mass is 377 g/mol. The summed E-state index contributed by atoms with van der Waals surface area (Å²) in [5.74, 6) is 0.925. The van der Waals surface area contributed by atoms with Crippen molar-refractivity contribution in [2.45, 2.75) is 6.17 Å². The molecule has 0 saturated carbocycles. The smallest absolute Gasteiger partial charge is 0.255 e. The van der Waals surface area contributed by atoms with Gasteiger partial charge in [-0.05, 0) is 24.3 Å². The molecule has 1 amide bonds. The van der Waals surface area contributed by atoms with Crippen molar-refractivity contribution in [2.75, 3.05) is 25.3 Å². The van der Waals surface area contributed by atoms with Crippen LogP contribution < -0.4 is 25.8 Å². The number of fused-ring (bicyclic) bond motifs is 1. The van der Waals surface area contributed by atoms with E-state index in [4.69, 9.17) is 15.2 Å². The van der Waals surface area contributed by atoms with E-state index in [9.17, 15) is 4.79 Å². The van der Waals surface area contributed by atoms with Crippen LogP contribution in [0.1, 0.15) is 22.1 Å². The van der Waals surface area contributed by atoms with Gasteiger partial charge in [0.25, 0.3) is 5.91 Å². The summed E-state index contributed by atoms with van der Waals surface area (Å²) in [4.78, 5) is 12.3. The Kier molecular flexibility index (Phi) is 4.04.